The van der Waals surface area contributed by atoms with Gasteiger partial charge in [0, 0.05) is 42.7 Å². The maximum Gasteiger partial charge on any atom is 0.163 e. The first-order valence-electron chi connectivity index (χ1n) is 9.32. The Balaban J connectivity index is 1.58. The number of hydrogen-bond acceptors (Lipinski definition) is 5. The minimum Gasteiger partial charge on any atom is -0.366 e. The Morgan fingerprint density at radius 1 is 0.759 bits per heavy atom. The Morgan fingerprint density at radius 3 is 2.21 bits per heavy atom. The lowest BCUT2D eigenvalue weighted by atomic mass is 10.2. The average Bonchev–Trinajstić information content (AvgIpc) is 2.78. The molecule has 0 amide bonds. The first-order chi connectivity index (χ1) is 14.3. The van der Waals surface area contributed by atoms with Gasteiger partial charge in [-0.25, -0.2) is 14.4 Å². The summed E-state index contributed by atoms with van der Waals surface area (Å²) in [5, 5.41) is 6.52. The molecule has 0 aliphatic rings. The van der Waals surface area contributed by atoms with Gasteiger partial charge < -0.3 is 10.6 Å². The highest BCUT2D eigenvalue weighted by Crippen LogP contribution is 2.21. The Hall–Kier alpha value is -3.80. The topological polar surface area (TPSA) is 62.7 Å². The van der Waals surface area contributed by atoms with E-state index in [-0.39, 0.29) is 5.82 Å². The van der Waals surface area contributed by atoms with Crippen LogP contribution in [0.1, 0.15) is 11.1 Å². The van der Waals surface area contributed by atoms with Crippen LogP contribution in [-0.4, -0.2) is 15.0 Å². The van der Waals surface area contributed by atoms with Crippen LogP contribution in [0.4, 0.5) is 16.0 Å². The number of nitrogens with one attached hydrogen (secondary N) is 2. The predicted molar refractivity (Wildman–Crippen MR) is 113 cm³/mol. The fourth-order valence-electron chi connectivity index (χ4n) is 2.87. The van der Waals surface area contributed by atoms with E-state index in [2.05, 4.69) is 25.6 Å². The highest BCUT2D eigenvalue weighted by Gasteiger charge is 2.08. The molecule has 0 atom stereocenters. The van der Waals surface area contributed by atoms with Crippen molar-refractivity contribution in [1.29, 1.82) is 0 Å². The molecule has 29 heavy (non-hydrogen) atoms. The molecule has 4 aromatic rings. The second-order valence-electron chi connectivity index (χ2n) is 6.49. The predicted octanol–water partition coefficient (Wildman–Crippen LogP) is 4.90. The maximum atomic E-state index is 13.9. The van der Waals surface area contributed by atoms with Gasteiger partial charge >= 0.3 is 0 Å². The lowest BCUT2D eigenvalue weighted by Gasteiger charge is -2.12. The Kier molecular flexibility index (Phi) is 5.71. The van der Waals surface area contributed by atoms with E-state index in [0.717, 1.165) is 11.1 Å². The molecule has 0 radical (unpaired) electrons. The zero-order chi connectivity index (χ0) is 19.9. The minimum absolute atomic E-state index is 0.243. The van der Waals surface area contributed by atoms with Gasteiger partial charge in [-0.15, -0.1) is 0 Å². The summed E-state index contributed by atoms with van der Waals surface area (Å²) >= 11 is 0. The quantitative estimate of drug-likeness (QED) is 0.474. The van der Waals surface area contributed by atoms with Gasteiger partial charge in [-0.1, -0.05) is 54.6 Å². The molecule has 0 aliphatic heterocycles. The molecule has 0 unspecified atom stereocenters. The highest BCUT2D eigenvalue weighted by atomic mass is 19.1. The fraction of sp³-hybridized carbons (Fsp3) is 0.0870. The van der Waals surface area contributed by atoms with E-state index >= 15 is 0 Å². The van der Waals surface area contributed by atoms with Crippen molar-refractivity contribution in [3.63, 3.8) is 0 Å². The first kappa shape index (κ1) is 18.6. The zero-order valence-corrected chi connectivity index (χ0v) is 15.7. The Morgan fingerprint density at radius 2 is 1.48 bits per heavy atom. The van der Waals surface area contributed by atoms with Crippen molar-refractivity contribution in [2.75, 3.05) is 10.6 Å². The molecule has 5 nitrogen and oxygen atoms in total. The standard InChI is InChI=1S/C23H20FN5/c24-20-11-5-4-10-19(20)16-27-22-13-21(26-15-17-7-6-12-25-14-17)28-23(29-22)18-8-2-1-3-9-18/h1-14H,15-16H2,(H2,26,27,28,29). The SMILES string of the molecule is Fc1ccccc1CNc1cc(NCc2cccnc2)nc(-c2ccccc2)n1. The van der Waals surface area contributed by atoms with Crippen molar-refractivity contribution in [2.45, 2.75) is 13.1 Å². The smallest absolute Gasteiger partial charge is 0.163 e. The molecule has 2 aromatic carbocycles. The van der Waals surface area contributed by atoms with Crippen molar-refractivity contribution in [2.24, 2.45) is 0 Å². The minimum atomic E-state index is -0.243. The molecule has 0 spiro atoms. The normalized spacial score (nSPS) is 10.5. The van der Waals surface area contributed by atoms with Gasteiger partial charge in [-0.3, -0.25) is 4.98 Å². The molecule has 6 heteroatoms. The summed E-state index contributed by atoms with van der Waals surface area (Å²) in [6.07, 6.45) is 3.55. The second-order valence-corrected chi connectivity index (χ2v) is 6.49. The first-order valence-corrected chi connectivity index (χ1v) is 9.32. The van der Waals surface area contributed by atoms with E-state index in [9.17, 15) is 4.39 Å². The third-order valence-corrected chi connectivity index (χ3v) is 4.37. The number of benzene rings is 2. The number of aromatic nitrogens is 3. The van der Waals surface area contributed by atoms with Gasteiger partial charge in [0.05, 0.1) is 0 Å². The molecule has 2 N–H and O–H groups in total. The van der Waals surface area contributed by atoms with Crippen LogP contribution in [0, 0.1) is 5.82 Å². The monoisotopic (exact) mass is 385 g/mol. The van der Waals surface area contributed by atoms with E-state index in [4.69, 9.17) is 0 Å². The molecular formula is C23H20FN5. The molecule has 2 aromatic heterocycles. The summed E-state index contributed by atoms with van der Waals surface area (Å²) < 4.78 is 13.9. The number of halogens is 1. The zero-order valence-electron chi connectivity index (χ0n) is 15.7. The molecule has 0 saturated carbocycles. The second kappa shape index (κ2) is 8.93. The van der Waals surface area contributed by atoms with E-state index in [1.807, 2.05) is 60.8 Å². The number of rotatable bonds is 7. The van der Waals surface area contributed by atoms with Crippen LogP contribution < -0.4 is 10.6 Å². The van der Waals surface area contributed by atoms with E-state index in [1.165, 1.54) is 6.07 Å². The molecule has 4 rings (SSSR count). The summed E-state index contributed by atoms with van der Waals surface area (Å²) in [7, 11) is 0. The van der Waals surface area contributed by atoms with E-state index < -0.39 is 0 Å². The van der Waals surface area contributed by atoms with Gasteiger partial charge in [-0.2, -0.15) is 0 Å². The number of hydrogen-bond donors (Lipinski definition) is 2. The maximum absolute atomic E-state index is 13.9. The van der Waals surface area contributed by atoms with Crippen molar-refractivity contribution in [3.8, 4) is 11.4 Å². The molecule has 144 valence electrons. The molecule has 0 bridgehead atoms. The van der Waals surface area contributed by atoms with Crippen molar-refractivity contribution in [1.82, 2.24) is 15.0 Å². The lowest BCUT2D eigenvalue weighted by molar-refractivity contribution is 0.613. The Labute approximate surface area is 168 Å². The van der Waals surface area contributed by atoms with Crippen LogP contribution in [0.25, 0.3) is 11.4 Å². The van der Waals surface area contributed by atoms with E-state index in [1.54, 1.807) is 18.3 Å². The van der Waals surface area contributed by atoms with Crippen LogP contribution in [-0.2, 0) is 13.1 Å². The van der Waals surface area contributed by atoms with Crippen LogP contribution in [0.2, 0.25) is 0 Å². The molecule has 0 saturated heterocycles. The number of nitrogens with zero attached hydrogens (tertiary/aromatic N) is 3. The molecule has 0 aliphatic carbocycles. The average molecular weight is 385 g/mol. The summed E-state index contributed by atoms with van der Waals surface area (Å²) in [4.78, 5) is 13.4. The Bertz CT molecular complexity index is 1070. The summed E-state index contributed by atoms with van der Waals surface area (Å²) in [5.74, 6) is 1.65. The van der Waals surface area contributed by atoms with Crippen molar-refractivity contribution in [3.05, 3.63) is 102 Å². The van der Waals surface area contributed by atoms with Crippen molar-refractivity contribution < 1.29 is 4.39 Å². The number of anilines is 2. The van der Waals surface area contributed by atoms with E-state index in [0.29, 0.717) is 36.1 Å². The lowest BCUT2D eigenvalue weighted by Crippen LogP contribution is -2.08. The van der Waals surface area contributed by atoms with Crippen molar-refractivity contribution >= 4 is 11.6 Å². The van der Waals surface area contributed by atoms with Crippen LogP contribution in [0.3, 0.4) is 0 Å². The van der Waals surface area contributed by atoms with Gasteiger partial charge in [-0.05, 0) is 17.7 Å². The highest BCUT2D eigenvalue weighted by molar-refractivity contribution is 5.61. The summed E-state index contributed by atoms with van der Waals surface area (Å²) in [5.41, 5.74) is 2.54. The summed E-state index contributed by atoms with van der Waals surface area (Å²) in [6, 6.07) is 22.2. The van der Waals surface area contributed by atoms with Crippen LogP contribution in [0.5, 0.6) is 0 Å². The molecular weight excluding hydrogens is 365 g/mol. The third kappa shape index (κ3) is 4.93. The van der Waals surface area contributed by atoms with Gasteiger partial charge in [0.25, 0.3) is 0 Å². The van der Waals surface area contributed by atoms with Gasteiger partial charge in [0.2, 0.25) is 0 Å². The number of pyridine rings is 1. The molecule has 2 heterocycles. The van der Waals surface area contributed by atoms with Gasteiger partial charge in [0.1, 0.15) is 17.5 Å². The van der Waals surface area contributed by atoms with Gasteiger partial charge in [0.15, 0.2) is 5.82 Å². The molecule has 0 fully saturated rings. The fourth-order valence-corrected chi connectivity index (χ4v) is 2.87. The van der Waals surface area contributed by atoms with Crippen LogP contribution in [0.15, 0.2) is 85.2 Å². The van der Waals surface area contributed by atoms with Crippen LogP contribution >= 0.6 is 0 Å². The summed E-state index contributed by atoms with van der Waals surface area (Å²) in [6.45, 7) is 0.922. The largest absolute Gasteiger partial charge is 0.366 e. The third-order valence-electron chi connectivity index (χ3n) is 4.37.